The zero-order valence-corrected chi connectivity index (χ0v) is 9.76. The number of carbonyl (C=O) groups is 1. The van der Waals surface area contributed by atoms with Gasteiger partial charge in [-0.25, -0.2) is 9.18 Å². The molecule has 0 spiro atoms. The van der Waals surface area contributed by atoms with E-state index in [2.05, 4.69) is 15.9 Å². The molecule has 0 unspecified atom stereocenters. The number of carboxylic acids is 1. The molecule has 0 heterocycles. The monoisotopic (exact) mass is 296 g/mol. The molecule has 6 heteroatoms. The molecular formula is C9H7BrClFO3. The Morgan fingerprint density at radius 2 is 2.33 bits per heavy atom. The first-order chi connectivity index (χ1) is 7.04. The number of aliphatic carboxylic acids is 1. The first-order valence-electron chi connectivity index (χ1n) is 3.95. The minimum absolute atomic E-state index is 0.240. The van der Waals surface area contributed by atoms with Crippen molar-refractivity contribution in [1.82, 2.24) is 0 Å². The van der Waals surface area contributed by atoms with E-state index in [1.165, 1.54) is 18.2 Å². The summed E-state index contributed by atoms with van der Waals surface area (Å²) in [6.07, 6.45) is -1.50. The molecule has 0 aromatic heterocycles. The van der Waals surface area contributed by atoms with Crippen molar-refractivity contribution >= 4 is 33.5 Å². The molecule has 0 fully saturated rings. The summed E-state index contributed by atoms with van der Waals surface area (Å²) >= 11 is 8.80. The Labute approximate surface area is 98.9 Å². The predicted octanol–water partition coefficient (Wildman–Crippen LogP) is 2.90. The van der Waals surface area contributed by atoms with E-state index >= 15 is 0 Å². The SMILES string of the molecule is O=C(O)[C@H](CF)Oc1ccc(Cl)cc1Br. The van der Waals surface area contributed by atoms with Gasteiger partial charge in [-0.3, -0.25) is 0 Å². The maximum atomic E-state index is 12.3. The number of hydrogen-bond acceptors (Lipinski definition) is 2. The van der Waals surface area contributed by atoms with E-state index in [9.17, 15) is 9.18 Å². The summed E-state index contributed by atoms with van der Waals surface area (Å²) in [7, 11) is 0. The molecule has 3 nitrogen and oxygen atoms in total. The highest BCUT2D eigenvalue weighted by atomic mass is 79.9. The van der Waals surface area contributed by atoms with Crippen molar-refractivity contribution in [3.63, 3.8) is 0 Å². The van der Waals surface area contributed by atoms with E-state index in [-0.39, 0.29) is 5.75 Å². The number of benzene rings is 1. The van der Waals surface area contributed by atoms with E-state index in [0.717, 1.165) is 0 Å². The second kappa shape index (κ2) is 5.32. The van der Waals surface area contributed by atoms with Crippen LogP contribution in [-0.4, -0.2) is 23.9 Å². The molecule has 82 valence electrons. The highest BCUT2D eigenvalue weighted by Crippen LogP contribution is 2.28. The lowest BCUT2D eigenvalue weighted by molar-refractivity contribution is -0.145. The van der Waals surface area contributed by atoms with E-state index in [0.29, 0.717) is 9.50 Å². The second-order valence-electron chi connectivity index (χ2n) is 2.67. The van der Waals surface area contributed by atoms with Crippen LogP contribution in [0.2, 0.25) is 5.02 Å². The smallest absolute Gasteiger partial charge is 0.347 e. The number of hydrogen-bond donors (Lipinski definition) is 1. The largest absolute Gasteiger partial charge is 0.478 e. The Balaban J connectivity index is 2.84. The van der Waals surface area contributed by atoms with Gasteiger partial charge in [0.25, 0.3) is 0 Å². The van der Waals surface area contributed by atoms with Crippen LogP contribution >= 0.6 is 27.5 Å². The molecule has 1 aromatic rings. The normalized spacial score (nSPS) is 12.2. The van der Waals surface area contributed by atoms with Crippen molar-refractivity contribution in [1.29, 1.82) is 0 Å². The van der Waals surface area contributed by atoms with Gasteiger partial charge in [0.2, 0.25) is 6.10 Å². The Morgan fingerprint density at radius 1 is 1.67 bits per heavy atom. The summed E-state index contributed by atoms with van der Waals surface area (Å²) in [6.45, 7) is -1.09. The van der Waals surface area contributed by atoms with Crippen LogP contribution in [0.5, 0.6) is 5.75 Å². The average Bonchev–Trinajstić information content (AvgIpc) is 2.16. The fourth-order valence-corrected chi connectivity index (χ4v) is 1.65. The van der Waals surface area contributed by atoms with Crippen LogP contribution in [-0.2, 0) is 4.79 Å². The van der Waals surface area contributed by atoms with Crippen LogP contribution in [0.25, 0.3) is 0 Å². The highest BCUT2D eigenvalue weighted by Gasteiger charge is 2.20. The zero-order valence-electron chi connectivity index (χ0n) is 7.41. The number of rotatable bonds is 4. The molecule has 0 saturated carbocycles. The molecule has 0 saturated heterocycles. The number of ether oxygens (including phenoxy) is 1. The van der Waals surface area contributed by atoms with E-state index < -0.39 is 18.7 Å². The Hall–Kier alpha value is -0.810. The molecule has 0 aliphatic heterocycles. The molecule has 0 amide bonds. The molecular weight excluding hydrogens is 290 g/mol. The van der Waals surface area contributed by atoms with Crippen LogP contribution in [0.3, 0.4) is 0 Å². The van der Waals surface area contributed by atoms with Crippen molar-refractivity contribution in [3.05, 3.63) is 27.7 Å². The summed E-state index contributed by atoms with van der Waals surface area (Å²) in [5, 5.41) is 9.05. The fraction of sp³-hybridized carbons (Fsp3) is 0.222. The summed E-state index contributed by atoms with van der Waals surface area (Å²) < 4.78 is 17.7. The van der Waals surface area contributed by atoms with Gasteiger partial charge in [-0.05, 0) is 34.1 Å². The molecule has 1 N–H and O–H groups in total. The van der Waals surface area contributed by atoms with Gasteiger partial charge in [0.05, 0.1) is 4.47 Å². The van der Waals surface area contributed by atoms with Crippen LogP contribution in [0.4, 0.5) is 4.39 Å². The van der Waals surface area contributed by atoms with Gasteiger partial charge in [-0.2, -0.15) is 0 Å². The minimum Gasteiger partial charge on any atom is -0.478 e. The minimum atomic E-state index is -1.50. The lowest BCUT2D eigenvalue weighted by atomic mass is 10.3. The van der Waals surface area contributed by atoms with Gasteiger partial charge < -0.3 is 9.84 Å². The van der Waals surface area contributed by atoms with Crippen LogP contribution in [0.15, 0.2) is 22.7 Å². The standard InChI is InChI=1S/C9H7BrClFO3/c10-6-3-5(11)1-2-7(6)15-8(4-12)9(13)14/h1-3,8H,4H2,(H,13,14)/t8-/m0/s1. The Kier molecular flexibility index (Phi) is 4.35. The fourth-order valence-electron chi connectivity index (χ4n) is 0.872. The van der Waals surface area contributed by atoms with Crippen LogP contribution < -0.4 is 4.74 Å². The first-order valence-corrected chi connectivity index (χ1v) is 5.12. The van der Waals surface area contributed by atoms with E-state index in [1.54, 1.807) is 0 Å². The maximum Gasteiger partial charge on any atom is 0.347 e. The van der Waals surface area contributed by atoms with Crippen molar-refractivity contribution in [3.8, 4) is 5.75 Å². The molecule has 1 aromatic carbocycles. The van der Waals surface area contributed by atoms with Crippen molar-refractivity contribution < 1.29 is 19.0 Å². The lowest BCUT2D eigenvalue weighted by Crippen LogP contribution is -2.29. The molecule has 0 aliphatic rings. The molecule has 0 aliphatic carbocycles. The van der Waals surface area contributed by atoms with Gasteiger partial charge >= 0.3 is 5.97 Å². The Morgan fingerprint density at radius 3 is 2.80 bits per heavy atom. The lowest BCUT2D eigenvalue weighted by Gasteiger charge is -2.12. The summed E-state index contributed by atoms with van der Waals surface area (Å²) in [5.41, 5.74) is 0. The van der Waals surface area contributed by atoms with Gasteiger partial charge in [0.1, 0.15) is 12.4 Å². The van der Waals surface area contributed by atoms with Crippen molar-refractivity contribution in [2.45, 2.75) is 6.10 Å². The van der Waals surface area contributed by atoms with Crippen molar-refractivity contribution in [2.24, 2.45) is 0 Å². The Bertz CT molecular complexity index is 372. The van der Waals surface area contributed by atoms with Crippen LogP contribution in [0.1, 0.15) is 0 Å². The molecule has 0 radical (unpaired) electrons. The zero-order chi connectivity index (χ0) is 11.4. The van der Waals surface area contributed by atoms with Crippen molar-refractivity contribution in [2.75, 3.05) is 6.67 Å². The van der Waals surface area contributed by atoms with Gasteiger partial charge in [0.15, 0.2) is 0 Å². The van der Waals surface area contributed by atoms with Gasteiger partial charge in [0, 0.05) is 5.02 Å². The number of halogens is 3. The molecule has 15 heavy (non-hydrogen) atoms. The second-order valence-corrected chi connectivity index (χ2v) is 3.96. The number of alkyl halides is 1. The highest BCUT2D eigenvalue weighted by molar-refractivity contribution is 9.10. The topological polar surface area (TPSA) is 46.5 Å². The summed E-state index contributed by atoms with van der Waals surface area (Å²) in [5.74, 6) is -1.11. The third-order valence-corrected chi connectivity index (χ3v) is 2.43. The summed E-state index contributed by atoms with van der Waals surface area (Å²) in [6, 6.07) is 4.53. The average molecular weight is 298 g/mol. The van der Waals surface area contributed by atoms with E-state index in [1.807, 2.05) is 0 Å². The van der Waals surface area contributed by atoms with E-state index in [4.69, 9.17) is 21.4 Å². The molecule has 1 rings (SSSR count). The van der Waals surface area contributed by atoms with Gasteiger partial charge in [-0.15, -0.1) is 0 Å². The summed E-state index contributed by atoms with van der Waals surface area (Å²) in [4.78, 5) is 10.5. The van der Waals surface area contributed by atoms with Gasteiger partial charge in [-0.1, -0.05) is 11.6 Å². The molecule has 0 bridgehead atoms. The third kappa shape index (κ3) is 3.35. The predicted molar refractivity (Wildman–Crippen MR) is 57.2 cm³/mol. The number of carboxylic acid groups (broad SMARTS) is 1. The quantitative estimate of drug-likeness (QED) is 0.929. The first kappa shape index (κ1) is 12.3. The maximum absolute atomic E-state index is 12.3. The van der Waals surface area contributed by atoms with Crippen LogP contribution in [0, 0.1) is 0 Å². The molecule has 1 atom stereocenters. The third-order valence-electron chi connectivity index (χ3n) is 1.58.